The van der Waals surface area contributed by atoms with Crippen LogP contribution in [0.3, 0.4) is 0 Å². The van der Waals surface area contributed by atoms with E-state index in [0.717, 1.165) is 6.42 Å². The van der Waals surface area contributed by atoms with Gasteiger partial charge in [0.15, 0.2) is 0 Å². The summed E-state index contributed by atoms with van der Waals surface area (Å²) in [5, 5.41) is 0.337. The molecule has 0 unspecified atom stereocenters. The van der Waals surface area contributed by atoms with Crippen LogP contribution in [0, 0.1) is 35.5 Å². The fourth-order valence-corrected chi connectivity index (χ4v) is 6.17. The second kappa shape index (κ2) is 6.79. The molecular weight excluding hydrogens is 412 g/mol. The average Bonchev–Trinajstić information content (AvgIpc) is 3.58. The van der Waals surface area contributed by atoms with Crippen molar-refractivity contribution in [3.05, 3.63) is 77.3 Å². The second-order valence-corrected chi connectivity index (χ2v) is 9.36. The Hall–Kier alpha value is -2.92. The molecule has 0 spiro atoms. The van der Waals surface area contributed by atoms with Crippen LogP contribution in [0.25, 0.3) is 0 Å². The van der Waals surface area contributed by atoms with Crippen molar-refractivity contribution in [2.24, 2.45) is 35.5 Å². The number of hydrogen-bond acceptors (Lipinski definition) is 3. The molecule has 1 aliphatic heterocycles. The zero-order chi connectivity index (χ0) is 21.3. The molecule has 0 N–H and O–H groups in total. The highest BCUT2D eigenvalue weighted by Crippen LogP contribution is 2.65. The van der Waals surface area contributed by atoms with Gasteiger partial charge in [-0.2, -0.15) is 0 Å². The van der Waals surface area contributed by atoms with Gasteiger partial charge in [0.2, 0.25) is 11.8 Å². The van der Waals surface area contributed by atoms with Gasteiger partial charge in [0.25, 0.3) is 5.91 Å². The lowest BCUT2D eigenvalue weighted by Gasteiger charge is -2.37. The third-order valence-electron chi connectivity index (χ3n) is 7.45. The number of rotatable bonds is 4. The van der Waals surface area contributed by atoms with E-state index in [1.54, 1.807) is 36.4 Å². The number of carbonyl (C=O) groups is 3. The molecule has 0 aromatic heterocycles. The minimum atomic E-state index is -0.337. The molecule has 7 rings (SSSR count). The van der Waals surface area contributed by atoms with E-state index in [0.29, 0.717) is 28.1 Å². The van der Waals surface area contributed by atoms with Crippen molar-refractivity contribution >= 4 is 35.0 Å². The number of hydrogen-bond donors (Lipinski definition) is 0. The SMILES string of the molecule is O=C1[C@@H]2[C@@H]3C=C[C@H]([C@@H]4C[C@H]34)[C@@H]2C(=O)N1CN(C(=O)c1ccccc1Cl)c1ccccc1. The Balaban J connectivity index is 1.35. The molecule has 1 saturated heterocycles. The topological polar surface area (TPSA) is 57.7 Å². The van der Waals surface area contributed by atoms with E-state index in [-0.39, 0.29) is 48.1 Å². The number of para-hydroxylation sites is 1. The molecule has 6 heteroatoms. The number of halogens is 1. The predicted octanol–water partition coefficient (Wildman–Crippen LogP) is 4.00. The van der Waals surface area contributed by atoms with Gasteiger partial charge in [-0.3, -0.25) is 24.2 Å². The van der Waals surface area contributed by atoms with Crippen LogP contribution in [0.2, 0.25) is 5.02 Å². The molecule has 5 aliphatic rings. The number of anilines is 1. The van der Waals surface area contributed by atoms with Gasteiger partial charge in [-0.05, 0) is 54.4 Å². The monoisotopic (exact) mass is 432 g/mol. The van der Waals surface area contributed by atoms with E-state index in [1.165, 1.54) is 9.80 Å². The first-order valence-corrected chi connectivity index (χ1v) is 11.1. The highest BCUT2D eigenvalue weighted by molar-refractivity contribution is 6.34. The van der Waals surface area contributed by atoms with Gasteiger partial charge in [0.05, 0.1) is 22.4 Å². The Labute approximate surface area is 185 Å². The highest BCUT2D eigenvalue weighted by Gasteiger charge is 2.67. The Bertz CT molecular complexity index is 1090. The standard InChI is InChI=1S/C25H21ClN2O3/c26-20-9-5-4-8-17(20)23(29)27(14-6-2-1-3-7-14)13-28-24(30)21-15-10-11-16(19-12-18(15)19)22(21)25(28)31/h1-11,15-16,18-19,21-22H,12-13H2/t15-,16-,18-,19+,21-,22+/m1/s1. The van der Waals surface area contributed by atoms with Gasteiger partial charge in [0.1, 0.15) is 6.67 Å². The lowest BCUT2D eigenvalue weighted by atomic mass is 9.63. The van der Waals surface area contributed by atoms with Crippen LogP contribution in [0.5, 0.6) is 0 Å². The molecular formula is C25H21ClN2O3. The molecule has 5 nitrogen and oxygen atoms in total. The van der Waals surface area contributed by atoms with Crippen molar-refractivity contribution in [3.8, 4) is 0 Å². The minimum absolute atomic E-state index is 0.104. The summed E-state index contributed by atoms with van der Waals surface area (Å²) in [5.41, 5.74) is 0.958. The first-order valence-electron chi connectivity index (χ1n) is 10.7. The Morgan fingerprint density at radius 1 is 0.903 bits per heavy atom. The summed E-state index contributed by atoms with van der Waals surface area (Å²) in [7, 11) is 0. The summed E-state index contributed by atoms with van der Waals surface area (Å²) in [4.78, 5) is 43.0. The molecule has 6 atom stereocenters. The number of imide groups is 1. The van der Waals surface area contributed by atoms with Crippen LogP contribution in [0.4, 0.5) is 5.69 Å². The molecule has 3 amide bonds. The number of nitrogens with zero attached hydrogens (tertiary/aromatic N) is 2. The summed E-state index contributed by atoms with van der Waals surface area (Å²) in [6.45, 7) is -0.104. The zero-order valence-corrected chi connectivity index (χ0v) is 17.5. The normalized spacial score (nSPS) is 32.1. The quantitative estimate of drug-likeness (QED) is 0.542. The van der Waals surface area contributed by atoms with Gasteiger partial charge < -0.3 is 0 Å². The van der Waals surface area contributed by atoms with Crippen LogP contribution in [0.15, 0.2) is 66.7 Å². The van der Waals surface area contributed by atoms with Crippen molar-refractivity contribution in [1.82, 2.24) is 4.90 Å². The number of carbonyl (C=O) groups excluding carboxylic acids is 3. The van der Waals surface area contributed by atoms with Crippen LogP contribution < -0.4 is 4.90 Å². The van der Waals surface area contributed by atoms with E-state index < -0.39 is 0 Å². The second-order valence-electron chi connectivity index (χ2n) is 8.95. The summed E-state index contributed by atoms with van der Waals surface area (Å²) in [5.74, 6) is 0.220. The maximum absolute atomic E-state index is 13.5. The van der Waals surface area contributed by atoms with E-state index in [9.17, 15) is 14.4 Å². The molecule has 4 aliphatic carbocycles. The van der Waals surface area contributed by atoms with E-state index in [4.69, 9.17) is 11.6 Å². The first-order chi connectivity index (χ1) is 15.1. The van der Waals surface area contributed by atoms with E-state index in [1.807, 2.05) is 18.2 Å². The van der Waals surface area contributed by atoms with Gasteiger partial charge in [-0.1, -0.05) is 54.1 Å². The van der Waals surface area contributed by atoms with Crippen LogP contribution in [0.1, 0.15) is 16.8 Å². The maximum Gasteiger partial charge on any atom is 0.261 e. The number of benzene rings is 2. The Morgan fingerprint density at radius 2 is 1.48 bits per heavy atom. The predicted molar refractivity (Wildman–Crippen MR) is 116 cm³/mol. The van der Waals surface area contributed by atoms with Crippen molar-refractivity contribution in [2.45, 2.75) is 6.42 Å². The number of allylic oxidation sites excluding steroid dienone is 2. The minimum Gasteiger partial charge on any atom is -0.290 e. The largest absolute Gasteiger partial charge is 0.290 e. The maximum atomic E-state index is 13.5. The van der Waals surface area contributed by atoms with Crippen molar-refractivity contribution in [2.75, 3.05) is 11.6 Å². The molecule has 2 saturated carbocycles. The first kappa shape index (κ1) is 18.8. The third kappa shape index (κ3) is 2.72. The third-order valence-corrected chi connectivity index (χ3v) is 7.78. The summed E-state index contributed by atoms with van der Waals surface area (Å²) < 4.78 is 0. The van der Waals surface area contributed by atoms with Crippen molar-refractivity contribution in [3.63, 3.8) is 0 Å². The molecule has 0 radical (unpaired) electrons. The summed E-state index contributed by atoms with van der Waals surface area (Å²) in [6.07, 6.45) is 5.42. The van der Waals surface area contributed by atoms with Gasteiger partial charge in [-0.15, -0.1) is 0 Å². The lowest BCUT2D eigenvalue weighted by molar-refractivity contribution is -0.140. The van der Waals surface area contributed by atoms with Gasteiger partial charge >= 0.3 is 0 Å². The van der Waals surface area contributed by atoms with Gasteiger partial charge in [-0.25, -0.2) is 0 Å². The fraction of sp³-hybridized carbons (Fsp3) is 0.320. The number of amides is 3. The summed E-state index contributed by atoms with van der Waals surface area (Å²) >= 11 is 6.29. The van der Waals surface area contributed by atoms with Gasteiger partial charge in [0, 0.05) is 5.69 Å². The molecule has 156 valence electrons. The molecule has 2 aromatic carbocycles. The lowest BCUT2D eigenvalue weighted by Crippen LogP contribution is -2.45. The molecule has 1 heterocycles. The van der Waals surface area contributed by atoms with Crippen LogP contribution >= 0.6 is 11.6 Å². The smallest absolute Gasteiger partial charge is 0.261 e. The van der Waals surface area contributed by atoms with Crippen LogP contribution in [-0.4, -0.2) is 29.3 Å². The molecule has 3 fully saturated rings. The van der Waals surface area contributed by atoms with E-state index >= 15 is 0 Å². The fourth-order valence-electron chi connectivity index (χ4n) is 5.95. The van der Waals surface area contributed by atoms with Crippen LogP contribution in [-0.2, 0) is 9.59 Å². The molecule has 31 heavy (non-hydrogen) atoms. The number of likely N-dealkylation sites (tertiary alicyclic amines) is 1. The van der Waals surface area contributed by atoms with Crippen molar-refractivity contribution in [1.29, 1.82) is 0 Å². The summed E-state index contributed by atoms with van der Waals surface area (Å²) in [6, 6.07) is 15.9. The zero-order valence-electron chi connectivity index (χ0n) is 16.7. The molecule has 2 bridgehead atoms. The average molecular weight is 433 g/mol. The molecule has 2 aromatic rings. The highest BCUT2D eigenvalue weighted by atomic mass is 35.5. The van der Waals surface area contributed by atoms with E-state index in [2.05, 4.69) is 12.2 Å². The van der Waals surface area contributed by atoms with Crippen molar-refractivity contribution < 1.29 is 14.4 Å². The Kier molecular flexibility index (Phi) is 4.12. The Morgan fingerprint density at radius 3 is 2.10 bits per heavy atom.